The summed E-state index contributed by atoms with van der Waals surface area (Å²) < 4.78 is 13.3. The zero-order valence-electron chi connectivity index (χ0n) is 15.7. The Hall–Kier alpha value is -1.81. The van der Waals surface area contributed by atoms with E-state index >= 15 is 0 Å². The standard InChI is InChI=1S/C17H18ClFN6.CH3I/c1-8(2)14-22-17(25-24-14)23-15-9(3)10(4)20-16(21-15)12-6-5-11(19)7-13(12)18;1-2/h5-8H,1-4H3,(H2,20,21,22,23,24,25);1H3. The van der Waals surface area contributed by atoms with E-state index in [1.54, 1.807) is 6.07 Å². The minimum atomic E-state index is -0.405. The Balaban J connectivity index is 0.00000126. The Labute approximate surface area is 176 Å². The molecule has 0 bridgehead atoms. The molecule has 0 atom stereocenters. The molecule has 0 saturated carbocycles. The number of hydrogen-bond acceptors (Lipinski definition) is 5. The second-order valence-electron chi connectivity index (χ2n) is 6.05. The van der Waals surface area contributed by atoms with Gasteiger partial charge in [0, 0.05) is 22.7 Å². The first kappa shape index (κ1) is 21.5. The van der Waals surface area contributed by atoms with E-state index in [4.69, 9.17) is 11.6 Å². The highest BCUT2D eigenvalue weighted by Crippen LogP contribution is 2.29. The number of aryl methyl sites for hydroxylation is 1. The molecule has 1 aromatic carbocycles. The zero-order chi connectivity index (χ0) is 20.1. The molecule has 0 unspecified atom stereocenters. The van der Waals surface area contributed by atoms with Crippen molar-refractivity contribution < 1.29 is 4.39 Å². The molecule has 2 aromatic heterocycles. The molecular weight excluding hydrogens is 482 g/mol. The minimum absolute atomic E-state index is 0.241. The predicted molar refractivity (Wildman–Crippen MR) is 116 cm³/mol. The number of H-pyrrole nitrogens is 1. The number of halogens is 3. The first-order chi connectivity index (χ1) is 12.8. The van der Waals surface area contributed by atoms with Gasteiger partial charge in [-0.2, -0.15) is 4.98 Å². The lowest BCUT2D eigenvalue weighted by Crippen LogP contribution is -2.04. The van der Waals surface area contributed by atoms with E-state index in [-0.39, 0.29) is 10.9 Å². The van der Waals surface area contributed by atoms with Crippen LogP contribution >= 0.6 is 34.2 Å². The van der Waals surface area contributed by atoms with E-state index in [0.29, 0.717) is 23.2 Å². The summed E-state index contributed by atoms with van der Waals surface area (Å²) >= 11 is 8.29. The zero-order valence-corrected chi connectivity index (χ0v) is 18.6. The van der Waals surface area contributed by atoms with Crippen molar-refractivity contribution in [2.24, 2.45) is 0 Å². The summed E-state index contributed by atoms with van der Waals surface area (Å²) in [4.78, 5) is 15.3. The van der Waals surface area contributed by atoms with Gasteiger partial charge in [0.25, 0.3) is 0 Å². The van der Waals surface area contributed by atoms with Crippen molar-refractivity contribution in [2.45, 2.75) is 33.6 Å². The molecular formula is C18H21ClFIN6. The van der Waals surface area contributed by atoms with Crippen molar-refractivity contribution in [2.75, 3.05) is 10.2 Å². The number of rotatable bonds is 4. The maximum Gasteiger partial charge on any atom is 0.247 e. The van der Waals surface area contributed by atoms with Gasteiger partial charge in [-0.1, -0.05) is 48.0 Å². The van der Waals surface area contributed by atoms with Crippen LogP contribution in [0, 0.1) is 19.7 Å². The molecule has 0 amide bonds. The van der Waals surface area contributed by atoms with Crippen LogP contribution in [0.15, 0.2) is 18.2 Å². The highest BCUT2D eigenvalue weighted by Gasteiger charge is 2.15. The molecule has 0 aliphatic carbocycles. The highest BCUT2D eigenvalue weighted by atomic mass is 127. The predicted octanol–water partition coefficient (Wildman–Crippen LogP) is 5.59. The fourth-order valence-electron chi connectivity index (χ4n) is 2.24. The van der Waals surface area contributed by atoms with Crippen LogP contribution in [0.4, 0.5) is 16.2 Å². The second-order valence-corrected chi connectivity index (χ2v) is 6.46. The maximum atomic E-state index is 13.3. The third-order valence-electron chi connectivity index (χ3n) is 3.84. The summed E-state index contributed by atoms with van der Waals surface area (Å²) in [6, 6.07) is 4.14. The van der Waals surface area contributed by atoms with Crippen molar-refractivity contribution >= 4 is 46.0 Å². The van der Waals surface area contributed by atoms with Crippen molar-refractivity contribution in [3.05, 3.63) is 46.1 Å². The second kappa shape index (κ2) is 9.41. The molecule has 2 N–H and O–H groups in total. The van der Waals surface area contributed by atoms with Crippen LogP contribution in [-0.4, -0.2) is 30.1 Å². The molecule has 3 aromatic rings. The third kappa shape index (κ3) is 5.13. The van der Waals surface area contributed by atoms with Crippen molar-refractivity contribution in [1.29, 1.82) is 0 Å². The average Bonchev–Trinajstić information content (AvgIpc) is 3.09. The summed E-state index contributed by atoms with van der Waals surface area (Å²) in [6.07, 6.45) is 0. The van der Waals surface area contributed by atoms with E-state index in [0.717, 1.165) is 17.1 Å². The fourth-order valence-corrected chi connectivity index (χ4v) is 2.49. The van der Waals surface area contributed by atoms with E-state index in [2.05, 4.69) is 53.1 Å². The van der Waals surface area contributed by atoms with Crippen molar-refractivity contribution in [3.8, 4) is 11.4 Å². The van der Waals surface area contributed by atoms with Crippen molar-refractivity contribution in [3.63, 3.8) is 0 Å². The first-order valence-electron chi connectivity index (χ1n) is 8.23. The number of nitrogens with one attached hydrogen (secondary N) is 2. The van der Waals surface area contributed by atoms with Gasteiger partial charge >= 0.3 is 0 Å². The van der Waals surface area contributed by atoms with Gasteiger partial charge in [0.2, 0.25) is 5.95 Å². The van der Waals surface area contributed by atoms with Gasteiger partial charge in [-0.25, -0.2) is 14.4 Å². The molecule has 144 valence electrons. The molecule has 0 spiro atoms. The first-order valence-corrected chi connectivity index (χ1v) is 10.8. The van der Waals surface area contributed by atoms with Gasteiger partial charge < -0.3 is 5.32 Å². The van der Waals surface area contributed by atoms with E-state index < -0.39 is 5.82 Å². The van der Waals surface area contributed by atoms with Gasteiger partial charge in [-0.15, -0.1) is 5.10 Å². The topological polar surface area (TPSA) is 79.4 Å². The summed E-state index contributed by atoms with van der Waals surface area (Å²) in [5.41, 5.74) is 2.22. The Bertz CT molecular complexity index is 928. The van der Waals surface area contributed by atoms with E-state index in [1.807, 2.05) is 32.6 Å². The van der Waals surface area contributed by atoms with E-state index in [1.165, 1.54) is 12.1 Å². The summed E-state index contributed by atoms with van der Waals surface area (Å²) in [7, 11) is 0. The van der Waals surface area contributed by atoms with Gasteiger partial charge in [0.15, 0.2) is 5.82 Å². The quantitative estimate of drug-likeness (QED) is 0.359. The average molecular weight is 503 g/mol. The van der Waals surface area contributed by atoms with Gasteiger partial charge in [0.1, 0.15) is 17.5 Å². The lowest BCUT2D eigenvalue weighted by Gasteiger charge is -2.11. The Morgan fingerprint density at radius 1 is 1.15 bits per heavy atom. The molecule has 0 fully saturated rings. The molecule has 2 heterocycles. The molecule has 27 heavy (non-hydrogen) atoms. The fraction of sp³-hybridized carbons (Fsp3) is 0.333. The van der Waals surface area contributed by atoms with Gasteiger partial charge in [0.05, 0.1) is 5.02 Å². The lowest BCUT2D eigenvalue weighted by atomic mass is 10.1. The summed E-state index contributed by atoms with van der Waals surface area (Å²) in [5, 5.41) is 10.4. The Kier molecular flexibility index (Phi) is 7.49. The molecule has 0 radical (unpaired) electrons. The number of nitrogens with zero attached hydrogens (tertiary/aromatic N) is 4. The van der Waals surface area contributed by atoms with Crippen LogP contribution in [-0.2, 0) is 0 Å². The SMILES string of the molecule is CI.Cc1nc(-c2ccc(F)cc2Cl)nc(Nc2n[nH]c(C(C)C)n2)c1C. The Morgan fingerprint density at radius 3 is 2.44 bits per heavy atom. The third-order valence-corrected chi connectivity index (χ3v) is 4.15. The van der Waals surface area contributed by atoms with E-state index in [9.17, 15) is 4.39 Å². The van der Waals surface area contributed by atoms with Gasteiger partial charge in [-0.05, 0) is 37.0 Å². The molecule has 3 rings (SSSR count). The number of aromatic amines is 1. The summed E-state index contributed by atoms with van der Waals surface area (Å²) in [6.45, 7) is 7.84. The Morgan fingerprint density at radius 2 is 1.85 bits per heavy atom. The smallest absolute Gasteiger partial charge is 0.247 e. The lowest BCUT2D eigenvalue weighted by molar-refractivity contribution is 0.628. The number of hydrogen-bond donors (Lipinski definition) is 2. The summed E-state index contributed by atoms with van der Waals surface area (Å²) in [5.74, 6) is 2.05. The molecule has 0 aliphatic rings. The molecule has 9 heteroatoms. The normalized spacial score (nSPS) is 10.6. The van der Waals surface area contributed by atoms with Crippen LogP contribution in [0.2, 0.25) is 5.02 Å². The number of alkyl halides is 1. The van der Waals surface area contributed by atoms with Crippen molar-refractivity contribution in [1.82, 2.24) is 25.1 Å². The van der Waals surface area contributed by atoms with Gasteiger partial charge in [-0.3, -0.25) is 5.10 Å². The monoisotopic (exact) mass is 502 g/mol. The van der Waals surface area contributed by atoms with Crippen LogP contribution in [0.1, 0.15) is 36.8 Å². The number of anilines is 2. The molecule has 0 saturated heterocycles. The largest absolute Gasteiger partial charge is 0.307 e. The molecule has 6 nitrogen and oxygen atoms in total. The number of aromatic nitrogens is 5. The van der Waals surface area contributed by atoms with Crippen LogP contribution in [0.5, 0.6) is 0 Å². The number of benzene rings is 1. The minimum Gasteiger partial charge on any atom is -0.307 e. The highest BCUT2D eigenvalue weighted by molar-refractivity contribution is 14.1. The van der Waals surface area contributed by atoms with Crippen LogP contribution in [0.3, 0.4) is 0 Å². The van der Waals surface area contributed by atoms with Crippen LogP contribution in [0.25, 0.3) is 11.4 Å². The molecule has 0 aliphatic heterocycles. The van der Waals surface area contributed by atoms with Crippen LogP contribution < -0.4 is 5.32 Å². The maximum absolute atomic E-state index is 13.3.